The number of hydrogen-bond acceptors (Lipinski definition) is 2. The van der Waals surface area contributed by atoms with Gasteiger partial charge in [0.05, 0.1) is 0 Å². The van der Waals surface area contributed by atoms with Crippen molar-refractivity contribution >= 4 is 0 Å². The first-order chi connectivity index (χ1) is 6.76. The van der Waals surface area contributed by atoms with Crippen molar-refractivity contribution in [1.82, 2.24) is 10.2 Å². The fourth-order valence-corrected chi connectivity index (χ4v) is 1.44. The van der Waals surface area contributed by atoms with E-state index in [-0.39, 0.29) is 0 Å². The van der Waals surface area contributed by atoms with Crippen molar-refractivity contribution < 1.29 is 0 Å². The molecule has 14 heavy (non-hydrogen) atoms. The maximum Gasteiger partial charge on any atom is 0.0166 e. The van der Waals surface area contributed by atoms with Gasteiger partial charge < -0.3 is 5.32 Å². The average molecular weight is 196 g/mol. The van der Waals surface area contributed by atoms with E-state index >= 15 is 0 Å². The molecular formula is C12H24N2. The Balaban J connectivity index is 3.80. The van der Waals surface area contributed by atoms with Crippen molar-refractivity contribution in [1.29, 1.82) is 0 Å². The van der Waals surface area contributed by atoms with E-state index in [0.29, 0.717) is 6.04 Å². The highest BCUT2D eigenvalue weighted by atomic mass is 15.1. The number of rotatable bonds is 9. The maximum absolute atomic E-state index is 3.77. The Hall–Kier alpha value is -0.600. The van der Waals surface area contributed by atoms with Gasteiger partial charge in [0.1, 0.15) is 0 Å². The normalized spacial score (nSPS) is 12.8. The van der Waals surface area contributed by atoms with Gasteiger partial charge in [0, 0.05) is 19.1 Å². The molecule has 2 nitrogen and oxygen atoms in total. The second kappa shape index (κ2) is 8.97. The molecule has 0 aliphatic heterocycles. The minimum Gasteiger partial charge on any atom is -0.317 e. The summed E-state index contributed by atoms with van der Waals surface area (Å²) in [6.45, 7) is 16.0. The van der Waals surface area contributed by atoms with Gasteiger partial charge in [0.2, 0.25) is 0 Å². The zero-order valence-electron chi connectivity index (χ0n) is 9.63. The van der Waals surface area contributed by atoms with Crippen LogP contribution in [-0.4, -0.2) is 37.1 Å². The molecule has 1 atom stereocenters. The monoisotopic (exact) mass is 196 g/mol. The van der Waals surface area contributed by atoms with Crippen molar-refractivity contribution in [2.24, 2.45) is 0 Å². The number of nitrogens with one attached hydrogen (secondary N) is 1. The van der Waals surface area contributed by atoms with E-state index in [4.69, 9.17) is 0 Å². The van der Waals surface area contributed by atoms with E-state index in [0.717, 1.165) is 26.2 Å². The van der Waals surface area contributed by atoms with Gasteiger partial charge in [0.25, 0.3) is 0 Å². The third kappa shape index (κ3) is 5.95. The lowest BCUT2D eigenvalue weighted by Crippen LogP contribution is -2.35. The standard InChI is InChI=1S/C12H24N2/c1-5-10-14(11-6-2)12(4)8-9-13-7-3/h5-6,12-13H,1-2,7-11H2,3-4H3. The van der Waals surface area contributed by atoms with Crippen molar-refractivity contribution in [3.05, 3.63) is 25.3 Å². The van der Waals surface area contributed by atoms with Crippen LogP contribution in [0, 0.1) is 0 Å². The molecule has 0 saturated carbocycles. The molecule has 2 heteroatoms. The van der Waals surface area contributed by atoms with Gasteiger partial charge in [-0.3, -0.25) is 4.90 Å². The van der Waals surface area contributed by atoms with Crippen LogP contribution >= 0.6 is 0 Å². The second-order valence-corrected chi connectivity index (χ2v) is 3.52. The van der Waals surface area contributed by atoms with Gasteiger partial charge in [-0.2, -0.15) is 0 Å². The molecule has 0 rings (SSSR count). The summed E-state index contributed by atoms with van der Waals surface area (Å²) in [6.07, 6.45) is 5.08. The largest absolute Gasteiger partial charge is 0.317 e. The topological polar surface area (TPSA) is 15.3 Å². The van der Waals surface area contributed by atoms with Gasteiger partial charge in [-0.1, -0.05) is 19.1 Å². The molecule has 0 aromatic carbocycles. The third-order valence-corrected chi connectivity index (χ3v) is 2.34. The first-order valence-electron chi connectivity index (χ1n) is 5.42. The maximum atomic E-state index is 3.77. The average Bonchev–Trinajstić information content (AvgIpc) is 2.18. The lowest BCUT2D eigenvalue weighted by Gasteiger charge is -2.26. The van der Waals surface area contributed by atoms with E-state index in [9.17, 15) is 0 Å². The highest BCUT2D eigenvalue weighted by Gasteiger charge is 2.09. The molecule has 0 spiro atoms. The van der Waals surface area contributed by atoms with Crippen molar-refractivity contribution in [3.8, 4) is 0 Å². The SMILES string of the molecule is C=CCN(CC=C)C(C)CCNCC. The fourth-order valence-electron chi connectivity index (χ4n) is 1.44. The first kappa shape index (κ1) is 13.4. The summed E-state index contributed by atoms with van der Waals surface area (Å²) < 4.78 is 0. The smallest absolute Gasteiger partial charge is 0.0166 e. The fraction of sp³-hybridized carbons (Fsp3) is 0.667. The van der Waals surface area contributed by atoms with E-state index in [1.165, 1.54) is 6.42 Å². The molecule has 1 unspecified atom stereocenters. The summed E-state index contributed by atoms with van der Waals surface area (Å²) in [5, 5.41) is 3.34. The molecule has 0 amide bonds. The van der Waals surface area contributed by atoms with Crippen LogP contribution < -0.4 is 5.32 Å². The lowest BCUT2D eigenvalue weighted by molar-refractivity contribution is 0.243. The van der Waals surface area contributed by atoms with Gasteiger partial charge in [0.15, 0.2) is 0 Å². The Morgan fingerprint density at radius 1 is 1.29 bits per heavy atom. The van der Waals surface area contributed by atoms with Crippen molar-refractivity contribution in [2.75, 3.05) is 26.2 Å². The highest BCUT2D eigenvalue weighted by molar-refractivity contribution is 4.83. The Bertz CT molecular complexity index is 144. The molecule has 82 valence electrons. The summed E-state index contributed by atoms with van der Waals surface area (Å²) in [4.78, 5) is 2.37. The summed E-state index contributed by atoms with van der Waals surface area (Å²) in [5.74, 6) is 0. The summed E-state index contributed by atoms with van der Waals surface area (Å²) in [7, 11) is 0. The molecule has 0 radical (unpaired) electrons. The zero-order chi connectivity index (χ0) is 10.8. The molecule has 1 N–H and O–H groups in total. The van der Waals surface area contributed by atoms with Crippen LogP contribution in [0.1, 0.15) is 20.3 Å². The third-order valence-electron chi connectivity index (χ3n) is 2.34. The van der Waals surface area contributed by atoms with E-state index in [1.807, 2.05) is 12.2 Å². The van der Waals surface area contributed by atoms with Crippen LogP contribution in [0.5, 0.6) is 0 Å². The van der Waals surface area contributed by atoms with Crippen LogP contribution in [-0.2, 0) is 0 Å². The van der Waals surface area contributed by atoms with Gasteiger partial charge in [-0.15, -0.1) is 13.2 Å². The summed E-state index contributed by atoms with van der Waals surface area (Å²) in [6, 6.07) is 0.588. The minimum atomic E-state index is 0.588. The van der Waals surface area contributed by atoms with Crippen LogP contribution in [0.25, 0.3) is 0 Å². The molecule has 0 fully saturated rings. The molecule has 0 saturated heterocycles. The van der Waals surface area contributed by atoms with Crippen LogP contribution in [0.4, 0.5) is 0 Å². The molecule has 0 heterocycles. The summed E-state index contributed by atoms with van der Waals surface area (Å²) in [5.41, 5.74) is 0. The number of hydrogen-bond donors (Lipinski definition) is 1. The molecule has 0 aromatic rings. The Labute approximate surface area is 88.7 Å². The Kier molecular flexibility index (Phi) is 8.59. The Morgan fingerprint density at radius 3 is 2.29 bits per heavy atom. The quantitative estimate of drug-likeness (QED) is 0.448. The van der Waals surface area contributed by atoms with E-state index in [2.05, 4.69) is 37.2 Å². The second-order valence-electron chi connectivity index (χ2n) is 3.52. The first-order valence-corrected chi connectivity index (χ1v) is 5.42. The van der Waals surface area contributed by atoms with E-state index in [1.54, 1.807) is 0 Å². The van der Waals surface area contributed by atoms with Crippen LogP contribution in [0.3, 0.4) is 0 Å². The van der Waals surface area contributed by atoms with Crippen molar-refractivity contribution in [2.45, 2.75) is 26.3 Å². The molecule has 0 aliphatic rings. The molecule has 0 bridgehead atoms. The van der Waals surface area contributed by atoms with Gasteiger partial charge in [-0.25, -0.2) is 0 Å². The van der Waals surface area contributed by atoms with Crippen LogP contribution in [0.2, 0.25) is 0 Å². The van der Waals surface area contributed by atoms with Crippen LogP contribution in [0.15, 0.2) is 25.3 Å². The molecule has 0 aliphatic carbocycles. The Morgan fingerprint density at radius 2 is 1.86 bits per heavy atom. The highest BCUT2D eigenvalue weighted by Crippen LogP contribution is 2.03. The summed E-state index contributed by atoms with van der Waals surface area (Å²) >= 11 is 0. The minimum absolute atomic E-state index is 0.588. The zero-order valence-corrected chi connectivity index (χ0v) is 9.63. The molecule has 0 aromatic heterocycles. The molecular weight excluding hydrogens is 172 g/mol. The predicted octanol–water partition coefficient (Wildman–Crippen LogP) is 2.05. The number of nitrogens with zero attached hydrogens (tertiary/aromatic N) is 1. The predicted molar refractivity (Wildman–Crippen MR) is 64.6 cm³/mol. The van der Waals surface area contributed by atoms with E-state index < -0.39 is 0 Å². The van der Waals surface area contributed by atoms with Gasteiger partial charge in [-0.05, 0) is 26.4 Å². The van der Waals surface area contributed by atoms with Crippen molar-refractivity contribution in [3.63, 3.8) is 0 Å². The van der Waals surface area contributed by atoms with Gasteiger partial charge >= 0.3 is 0 Å². The lowest BCUT2D eigenvalue weighted by atomic mass is 10.2.